The second-order valence-corrected chi connectivity index (χ2v) is 20.1. The number of thioether (sulfide) groups is 1. The number of benzene rings is 5. The largest absolute Gasteiger partial charge is 0.393 e. The van der Waals surface area contributed by atoms with Gasteiger partial charge in [0.15, 0.2) is 5.82 Å². The SMILES string of the molecule is Cc1cc(S(=O)(=O)Nc2ccc(N3CCN(c4ccc(F)c(-c5cc(C)n(C)c5-c5ccc(Cl)cc5)c4F)CC3)cc2)ccc1N[C@H](CCN1CCC(O)CC1)CSc1ccccc1.O=C=O. The van der Waals surface area contributed by atoms with E-state index in [4.69, 9.17) is 21.2 Å². The summed E-state index contributed by atoms with van der Waals surface area (Å²) in [5.41, 5.74) is 6.26. The molecule has 0 amide bonds. The van der Waals surface area contributed by atoms with E-state index in [0.29, 0.717) is 53.8 Å². The Balaban J connectivity index is 0.00000216. The second kappa shape index (κ2) is 22.4. The minimum atomic E-state index is -3.88. The van der Waals surface area contributed by atoms with Gasteiger partial charge < -0.3 is 29.7 Å². The Labute approximate surface area is 400 Å². The number of aromatic nitrogens is 1. The number of hydrogen-bond donors (Lipinski definition) is 3. The van der Waals surface area contributed by atoms with Gasteiger partial charge in [0.05, 0.1) is 27.9 Å². The molecule has 0 saturated carbocycles. The Morgan fingerprint density at radius 1 is 0.836 bits per heavy atom. The quantitative estimate of drug-likeness (QED) is 0.0857. The molecule has 2 fully saturated rings. The summed E-state index contributed by atoms with van der Waals surface area (Å²) in [6, 6.07) is 34.9. The molecule has 5 aromatic carbocycles. The van der Waals surface area contributed by atoms with E-state index in [2.05, 4.69) is 32.0 Å². The molecule has 1 aromatic heterocycles. The molecule has 352 valence electrons. The molecule has 0 bridgehead atoms. The Morgan fingerprint density at radius 3 is 2.15 bits per heavy atom. The molecule has 3 heterocycles. The number of carbonyl (C=O) groups excluding carboxylic acids is 2. The maximum Gasteiger partial charge on any atom is 0.373 e. The molecule has 2 aliphatic rings. The summed E-state index contributed by atoms with van der Waals surface area (Å²) in [5.74, 6) is -0.372. The average molecular weight is 970 g/mol. The molecule has 16 heteroatoms. The fourth-order valence-corrected chi connectivity index (χ4v) is 10.9. The third kappa shape index (κ3) is 12.3. The molecule has 1 atom stereocenters. The lowest BCUT2D eigenvalue weighted by Crippen LogP contribution is -2.46. The van der Waals surface area contributed by atoms with Gasteiger partial charge in [-0.3, -0.25) is 4.72 Å². The molecule has 3 N–H and O–H groups in total. The maximum absolute atomic E-state index is 16.5. The lowest BCUT2D eigenvalue weighted by Gasteiger charge is -2.37. The molecule has 8 rings (SSSR count). The van der Waals surface area contributed by atoms with Crippen molar-refractivity contribution in [3.8, 4) is 22.4 Å². The van der Waals surface area contributed by atoms with Crippen molar-refractivity contribution in [3.63, 3.8) is 0 Å². The number of anilines is 4. The van der Waals surface area contributed by atoms with Gasteiger partial charge in [-0.2, -0.15) is 9.59 Å². The lowest BCUT2D eigenvalue weighted by molar-refractivity contribution is -0.191. The van der Waals surface area contributed by atoms with Gasteiger partial charge in [0.25, 0.3) is 10.0 Å². The van der Waals surface area contributed by atoms with E-state index in [1.54, 1.807) is 48.2 Å². The van der Waals surface area contributed by atoms with Gasteiger partial charge in [-0.25, -0.2) is 17.2 Å². The van der Waals surface area contributed by atoms with Gasteiger partial charge in [0, 0.05) is 103 Å². The van der Waals surface area contributed by atoms with Gasteiger partial charge in [-0.15, -0.1) is 11.8 Å². The summed E-state index contributed by atoms with van der Waals surface area (Å²) in [5, 5.41) is 14.3. The smallest absolute Gasteiger partial charge is 0.373 e. The summed E-state index contributed by atoms with van der Waals surface area (Å²) >= 11 is 7.95. The summed E-state index contributed by atoms with van der Waals surface area (Å²) in [4.78, 5) is 24.2. The highest BCUT2D eigenvalue weighted by Crippen LogP contribution is 2.40. The first-order valence-electron chi connectivity index (χ1n) is 22.2. The van der Waals surface area contributed by atoms with Crippen molar-refractivity contribution in [3.05, 3.63) is 143 Å². The van der Waals surface area contributed by atoms with E-state index in [1.165, 1.54) is 17.0 Å². The third-order valence-corrected chi connectivity index (χ3v) is 15.3. The molecular formula is C51H55ClF2N6O5S2. The van der Waals surface area contributed by atoms with E-state index in [-0.39, 0.29) is 28.8 Å². The van der Waals surface area contributed by atoms with Crippen molar-refractivity contribution in [2.75, 3.05) is 71.4 Å². The number of hydrogen-bond acceptors (Lipinski definition) is 10. The summed E-state index contributed by atoms with van der Waals surface area (Å²) in [6.45, 7) is 8.74. The fourth-order valence-electron chi connectivity index (χ4n) is 8.65. The van der Waals surface area contributed by atoms with Crippen LogP contribution in [-0.4, -0.2) is 92.9 Å². The fraction of sp³-hybridized carbons (Fsp3) is 0.314. The zero-order chi connectivity index (χ0) is 47.7. The van der Waals surface area contributed by atoms with Crippen LogP contribution >= 0.6 is 23.4 Å². The highest BCUT2D eigenvalue weighted by atomic mass is 35.5. The first kappa shape index (κ1) is 49.2. The van der Waals surface area contributed by atoms with Crippen molar-refractivity contribution < 1.29 is 31.9 Å². The first-order chi connectivity index (χ1) is 32.2. The molecule has 0 spiro atoms. The number of rotatable bonds is 15. The number of aliphatic hydroxyl groups is 1. The van der Waals surface area contributed by atoms with Crippen molar-refractivity contribution in [2.24, 2.45) is 7.05 Å². The number of nitrogens with zero attached hydrogens (tertiary/aromatic N) is 4. The molecule has 0 radical (unpaired) electrons. The van der Waals surface area contributed by atoms with Gasteiger partial charge in [-0.05, 0) is 129 Å². The van der Waals surface area contributed by atoms with E-state index in [9.17, 15) is 13.5 Å². The van der Waals surface area contributed by atoms with Crippen LogP contribution in [-0.2, 0) is 26.7 Å². The highest BCUT2D eigenvalue weighted by molar-refractivity contribution is 7.99. The normalized spacial score (nSPS) is 15.1. The Bertz CT molecular complexity index is 2760. The topological polar surface area (TPSA) is 127 Å². The first-order valence-corrected chi connectivity index (χ1v) is 25.1. The van der Waals surface area contributed by atoms with Crippen LogP contribution in [0, 0.1) is 25.5 Å². The lowest BCUT2D eigenvalue weighted by atomic mass is 9.99. The number of nitrogens with one attached hydrogen (secondary N) is 2. The van der Waals surface area contributed by atoms with Gasteiger partial charge in [0.1, 0.15) is 5.82 Å². The third-order valence-electron chi connectivity index (χ3n) is 12.4. The van der Waals surface area contributed by atoms with Gasteiger partial charge in [0.2, 0.25) is 0 Å². The zero-order valence-electron chi connectivity index (χ0n) is 37.7. The summed E-state index contributed by atoms with van der Waals surface area (Å²) in [6.07, 6.45) is 2.56. The number of sulfonamides is 1. The molecule has 6 aromatic rings. The van der Waals surface area contributed by atoms with E-state index >= 15 is 8.78 Å². The van der Waals surface area contributed by atoms with Crippen molar-refractivity contribution in [1.82, 2.24) is 9.47 Å². The van der Waals surface area contributed by atoms with Gasteiger partial charge >= 0.3 is 6.15 Å². The number of aryl methyl sites for hydroxylation is 2. The molecule has 2 aliphatic heterocycles. The number of likely N-dealkylation sites (tertiary alicyclic amines) is 1. The highest BCUT2D eigenvalue weighted by Gasteiger charge is 2.27. The van der Waals surface area contributed by atoms with Crippen molar-refractivity contribution in [2.45, 2.75) is 55.0 Å². The monoisotopic (exact) mass is 968 g/mol. The Kier molecular flexibility index (Phi) is 16.5. The predicted molar refractivity (Wildman–Crippen MR) is 265 cm³/mol. The molecule has 0 aliphatic carbocycles. The van der Waals surface area contributed by atoms with Crippen LogP contribution in [0.3, 0.4) is 0 Å². The van der Waals surface area contributed by atoms with Crippen LogP contribution in [0.4, 0.5) is 31.5 Å². The van der Waals surface area contributed by atoms with Crippen LogP contribution in [0.25, 0.3) is 22.4 Å². The zero-order valence-corrected chi connectivity index (χ0v) is 40.1. The second-order valence-electron chi connectivity index (χ2n) is 16.9. The maximum atomic E-state index is 16.5. The van der Waals surface area contributed by atoms with Crippen LogP contribution in [0.1, 0.15) is 30.5 Å². The minimum Gasteiger partial charge on any atom is -0.393 e. The molecule has 2 saturated heterocycles. The summed E-state index contributed by atoms with van der Waals surface area (Å²) in [7, 11) is -2.00. The van der Waals surface area contributed by atoms with Crippen molar-refractivity contribution in [1.29, 1.82) is 0 Å². The van der Waals surface area contributed by atoms with Crippen LogP contribution < -0.4 is 19.8 Å². The van der Waals surface area contributed by atoms with Gasteiger partial charge in [-0.1, -0.05) is 41.9 Å². The number of piperidine rings is 1. The molecule has 11 nitrogen and oxygen atoms in total. The number of halogens is 3. The van der Waals surface area contributed by atoms with Crippen LogP contribution in [0.5, 0.6) is 0 Å². The standard InChI is InChI=1S/C50H55ClF2N6O3S2.CO2/c1-34-31-43(17-19-46(34)54-39(33-63-42-7-5-4-6-8-42)21-24-57-25-22-41(60)23-26-57)64(61,62)55-38-13-15-40(16-14-38)58-27-29-59(30-28-58)47-20-18-45(52)48(49(47)53)44-32-35(2)56(3)50(44)36-9-11-37(51)12-10-36;2-1-3/h4-20,31-32,39,41,54-55,60H,21-30,33H2,1-3H3;/t39-;/m1./s1. The predicted octanol–water partition coefficient (Wildman–Crippen LogP) is 9.87. The Hall–Kier alpha value is -5.67. The molecule has 0 unspecified atom stereocenters. The van der Waals surface area contributed by atoms with Crippen molar-refractivity contribution >= 4 is 62.3 Å². The van der Waals surface area contributed by atoms with Crippen LogP contribution in [0.2, 0.25) is 5.02 Å². The number of piperazine rings is 1. The molecular weight excluding hydrogens is 914 g/mol. The Morgan fingerprint density at radius 2 is 1.49 bits per heavy atom. The minimum absolute atomic E-state index is 0.0568. The summed E-state index contributed by atoms with van der Waals surface area (Å²) < 4.78 is 64.1. The van der Waals surface area contributed by atoms with E-state index in [0.717, 1.165) is 72.8 Å². The van der Waals surface area contributed by atoms with E-state index in [1.807, 2.05) is 85.0 Å². The average Bonchev–Trinajstić information content (AvgIpc) is 3.61. The van der Waals surface area contributed by atoms with E-state index < -0.39 is 21.7 Å². The molecule has 67 heavy (non-hydrogen) atoms. The number of aliphatic hydroxyl groups excluding tert-OH is 1. The van der Waals surface area contributed by atoms with Crippen LogP contribution in [0.15, 0.2) is 125 Å².